The van der Waals surface area contributed by atoms with Crippen LogP contribution in [0.2, 0.25) is 0 Å². The van der Waals surface area contributed by atoms with Crippen LogP contribution in [0.5, 0.6) is 0 Å². The fourth-order valence-corrected chi connectivity index (χ4v) is 5.39. The third-order valence-electron chi connectivity index (χ3n) is 6.96. The predicted octanol–water partition coefficient (Wildman–Crippen LogP) is 8.00. The number of furan rings is 1. The van der Waals surface area contributed by atoms with E-state index in [1.165, 1.54) is 21.8 Å². The molecule has 0 radical (unpaired) electrons. The van der Waals surface area contributed by atoms with Crippen LogP contribution in [0.15, 0.2) is 120 Å². The number of rotatable bonds is 2. The largest absolute Gasteiger partial charge is 0.456 e. The molecule has 35 heavy (non-hydrogen) atoms. The maximum Gasteiger partial charge on any atom is 0.137 e. The number of nitrogens with zero attached hydrogens (tertiary/aromatic N) is 3. The first-order valence-electron chi connectivity index (χ1n) is 11.7. The highest BCUT2D eigenvalue weighted by Crippen LogP contribution is 2.40. The zero-order chi connectivity index (χ0) is 22.9. The minimum Gasteiger partial charge on any atom is -0.456 e. The first-order valence-corrected chi connectivity index (χ1v) is 11.7. The molecule has 4 heterocycles. The van der Waals surface area contributed by atoms with Crippen LogP contribution in [0.3, 0.4) is 0 Å². The van der Waals surface area contributed by atoms with Crippen LogP contribution in [-0.4, -0.2) is 14.0 Å². The van der Waals surface area contributed by atoms with Gasteiger partial charge in [-0.25, -0.2) is 4.98 Å². The van der Waals surface area contributed by atoms with E-state index in [1.54, 1.807) is 0 Å². The fraction of sp³-hybridized carbons (Fsp3) is 0. The van der Waals surface area contributed by atoms with E-state index in [-0.39, 0.29) is 0 Å². The Morgan fingerprint density at radius 2 is 1.43 bits per heavy atom. The Kier molecular flexibility index (Phi) is 3.63. The second-order valence-corrected chi connectivity index (χ2v) is 8.92. The summed E-state index contributed by atoms with van der Waals surface area (Å²) in [6.45, 7) is 0. The fourth-order valence-electron chi connectivity index (χ4n) is 5.39. The second-order valence-electron chi connectivity index (χ2n) is 8.92. The van der Waals surface area contributed by atoms with Gasteiger partial charge in [0, 0.05) is 39.8 Å². The van der Waals surface area contributed by atoms with Gasteiger partial charge in [0.1, 0.15) is 16.8 Å². The molecule has 0 aliphatic heterocycles. The molecular weight excluding hydrogens is 430 g/mol. The Labute approximate surface area is 200 Å². The summed E-state index contributed by atoms with van der Waals surface area (Å²) in [7, 11) is 0. The normalized spacial score (nSPS) is 12.0. The van der Waals surface area contributed by atoms with Crippen LogP contribution in [0.25, 0.3) is 66.3 Å². The molecular formula is C31H19N3O. The molecule has 4 aromatic carbocycles. The Hall–Kier alpha value is -4.83. The molecule has 0 bridgehead atoms. The van der Waals surface area contributed by atoms with Crippen molar-refractivity contribution >= 4 is 49.4 Å². The highest BCUT2D eigenvalue weighted by molar-refractivity contribution is 6.24. The molecule has 4 heteroatoms. The van der Waals surface area contributed by atoms with Gasteiger partial charge in [0.2, 0.25) is 0 Å². The summed E-state index contributed by atoms with van der Waals surface area (Å²) >= 11 is 0. The number of pyridine rings is 1. The lowest BCUT2D eigenvalue weighted by Gasteiger charge is -2.09. The third-order valence-corrected chi connectivity index (χ3v) is 6.96. The van der Waals surface area contributed by atoms with Crippen LogP contribution in [0.1, 0.15) is 0 Å². The van der Waals surface area contributed by atoms with Crippen molar-refractivity contribution in [2.45, 2.75) is 0 Å². The number of imidazole rings is 1. The highest BCUT2D eigenvalue weighted by Gasteiger charge is 2.18. The van der Waals surface area contributed by atoms with Gasteiger partial charge in [0.25, 0.3) is 0 Å². The molecule has 0 unspecified atom stereocenters. The molecule has 164 valence electrons. The van der Waals surface area contributed by atoms with Crippen molar-refractivity contribution < 1.29 is 4.42 Å². The smallest absolute Gasteiger partial charge is 0.137 e. The molecule has 0 aliphatic rings. The zero-order valence-electron chi connectivity index (χ0n) is 18.7. The lowest BCUT2D eigenvalue weighted by atomic mass is 10.1. The Morgan fingerprint density at radius 3 is 2.31 bits per heavy atom. The van der Waals surface area contributed by atoms with Crippen molar-refractivity contribution in [2.75, 3.05) is 0 Å². The Bertz CT molecular complexity index is 2020. The summed E-state index contributed by atoms with van der Waals surface area (Å²) < 4.78 is 10.6. The maximum absolute atomic E-state index is 6.23. The summed E-state index contributed by atoms with van der Waals surface area (Å²) in [5.41, 5.74) is 8.29. The van der Waals surface area contributed by atoms with Crippen LogP contribution >= 0.6 is 0 Å². The van der Waals surface area contributed by atoms with E-state index in [2.05, 4.69) is 88.0 Å². The zero-order valence-corrected chi connectivity index (χ0v) is 18.7. The highest BCUT2D eigenvalue weighted by atomic mass is 16.3. The Morgan fingerprint density at radius 1 is 0.629 bits per heavy atom. The molecule has 0 saturated heterocycles. The molecule has 4 aromatic heterocycles. The first kappa shape index (κ1) is 18.6. The predicted molar refractivity (Wildman–Crippen MR) is 142 cm³/mol. The van der Waals surface area contributed by atoms with E-state index in [1.807, 2.05) is 36.5 Å². The van der Waals surface area contributed by atoms with E-state index >= 15 is 0 Å². The van der Waals surface area contributed by atoms with Crippen molar-refractivity contribution in [1.29, 1.82) is 0 Å². The molecule has 0 spiro atoms. The summed E-state index contributed by atoms with van der Waals surface area (Å²) in [5.74, 6) is 0. The van der Waals surface area contributed by atoms with E-state index in [4.69, 9.17) is 9.40 Å². The molecule has 8 rings (SSSR count). The van der Waals surface area contributed by atoms with E-state index in [0.29, 0.717) is 0 Å². The lowest BCUT2D eigenvalue weighted by Crippen LogP contribution is -1.94. The van der Waals surface area contributed by atoms with Crippen molar-refractivity contribution in [1.82, 2.24) is 14.0 Å². The van der Waals surface area contributed by atoms with Gasteiger partial charge < -0.3 is 13.4 Å². The number of aromatic nitrogens is 3. The molecule has 0 aliphatic carbocycles. The van der Waals surface area contributed by atoms with Crippen LogP contribution in [0.4, 0.5) is 0 Å². The first-order chi connectivity index (χ1) is 17.3. The minimum atomic E-state index is 0.907. The molecule has 4 nitrogen and oxygen atoms in total. The van der Waals surface area contributed by atoms with Crippen molar-refractivity contribution in [3.8, 4) is 16.9 Å². The number of benzene rings is 4. The monoisotopic (exact) mass is 449 g/mol. The summed E-state index contributed by atoms with van der Waals surface area (Å²) in [4.78, 5) is 4.79. The standard InChI is InChI=1S/C31H19N3O/c1-3-9-26-22(7-1)23-16-17-28-30(24-8-2-4-10-27(24)35-28)31(23)34(26)21-14-12-20(13-15-21)25-19-33-18-6-5-11-29(33)32-25/h1-19H. The average molecular weight is 450 g/mol. The number of fused-ring (bicyclic) bond motifs is 8. The average Bonchev–Trinajstić information content (AvgIpc) is 3.60. The minimum absolute atomic E-state index is 0.907. The maximum atomic E-state index is 6.23. The van der Waals surface area contributed by atoms with Gasteiger partial charge in [-0.15, -0.1) is 0 Å². The van der Waals surface area contributed by atoms with Crippen LogP contribution in [-0.2, 0) is 0 Å². The molecule has 0 N–H and O–H groups in total. The molecule has 0 fully saturated rings. The van der Waals surface area contributed by atoms with Crippen molar-refractivity contribution in [2.24, 2.45) is 0 Å². The molecule has 0 atom stereocenters. The topological polar surface area (TPSA) is 35.4 Å². The second kappa shape index (κ2) is 6.84. The van der Waals surface area contributed by atoms with Gasteiger partial charge in [-0.2, -0.15) is 0 Å². The van der Waals surface area contributed by atoms with Gasteiger partial charge in [-0.05, 0) is 48.5 Å². The summed E-state index contributed by atoms with van der Waals surface area (Å²) in [6, 6.07) is 35.9. The lowest BCUT2D eigenvalue weighted by molar-refractivity contribution is 0.669. The van der Waals surface area contributed by atoms with Crippen LogP contribution < -0.4 is 0 Å². The van der Waals surface area contributed by atoms with Crippen LogP contribution in [0, 0.1) is 0 Å². The van der Waals surface area contributed by atoms with Gasteiger partial charge in [0.15, 0.2) is 0 Å². The number of para-hydroxylation sites is 2. The molecule has 8 aromatic rings. The van der Waals surface area contributed by atoms with E-state index in [9.17, 15) is 0 Å². The summed E-state index contributed by atoms with van der Waals surface area (Å²) in [5, 5.41) is 4.75. The third kappa shape index (κ3) is 2.59. The van der Waals surface area contributed by atoms with Gasteiger partial charge in [-0.3, -0.25) is 0 Å². The van der Waals surface area contributed by atoms with E-state index < -0.39 is 0 Å². The quantitative estimate of drug-likeness (QED) is 0.268. The van der Waals surface area contributed by atoms with Gasteiger partial charge >= 0.3 is 0 Å². The Balaban J connectivity index is 1.41. The molecule has 0 saturated carbocycles. The summed E-state index contributed by atoms with van der Waals surface area (Å²) in [6.07, 6.45) is 4.10. The SMILES string of the molecule is c1ccc2c(c1)oc1ccc3c4ccccc4n(-c4ccc(-c5cn6ccccc6n5)cc4)c3c12. The molecule has 0 amide bonds. The van der Waals surface area contributed by atoms with Crippen molar-refractivity contribution in [3.05, 3.63) is 116 Å². The number of hydrogen-bond donors (Lipinski definition) is 0. The van der Waals surface area contributed by atoms with Gasteiger partial charge in [0.05, 0.1) is 22.1 Å². The van der Waals surface area contributed by atoms with E-state index in [0.717, 1.165) is 44.5 Å². The van der Waals surface area contributed by atoms with Crippen molar-refractivity contribution in [3.63, 3.8) is 0 Å². The number of hydrogen-bond acceptors (Lipinski definition) is 2. The van der Waals surface area contributed by atoms with Gasteiger partial charge in [-0.1, -0.05) is 54.6 Å².